The first kappa shape index (κ1) is 18.8. The third-order valence-corrected chi connectivity index (χ3v) is 2.92. The molecular weight excluding hydrogens is 283 g/mol. The van der Waals surface area contributed by atoms with Crippen LogP contribution >= 0.6 is 12.4 Å². The lowest BCUT2D eigenvalue weighted by atomic mass is 9.87. The number of hydrogen-bond acceptors (Lipinski definition) is 3. The summed E-state index contributed by atoms with van der Waals surface area (Å²) in [7, 11) is 0. The second kappa shape index (κ2) is 7.57. The molecule has 4 N–H and O–H groups in total. The van der Waals surface area contributed by atoms with Gasteiger partial charge in [-0.3, -0.25) is 4.79 Å². The fraction of sp³-hybridized carbons (Fsp3) is 0.500. The summed E-state index contributed by atoms with van der Waals surface area (Å²) in [6, 6.07) is 4.98. The van der Waals surface area contributed by atoms with Crippen LogP contribution in [0.2, 0.25) is 0 Å². The van der Waals surface area contributed by atoms with Gasteiger partial charge in [-0.2, -0.15) is 0 Å². The number of carbonyl (C=O) groups excluding carboxylic acids is 1. The van der Waals surface area contributed by atoms with Crippen LogP contribution < -0.4 is 11.1 Å². The molecule has 6 heteroatoms. The first-order valence-corrected chi connectivity index (χ1v) is 6.18. The number of amides is 1. The molecule has 0 heterocycles. The zero-order valence-corrected chi connectivity index (χ0v) is 12.7. The molecule has 0 bridgehead atoms. The van der Waals surface area contributed by atoms with Crippen molar-refractivity contribution in [2.75, 3.05) is 6.54 Å². The third-order valence-electron chi connectivity index (χ3n) is 2.92. The van der Waals surface area contributed by atoms with Crippen molar-refractivity contribution in [1.82, 2.24) is 5.32 Å². The molecule has 2 atom stereocenters. The fourth-order valence-electron chi connectivity index (χ4n) is 1.53. The van der Waals surface area contributed by atoms with Crippen molar-refractivity contribution < 1.29 is 14.3 Å². The average molecular weight is 305 g/mol. The number of rotatable bonds is 4. The number of benzene rings is 1. The quantitative estimate of drug-likeness (QED) is 0.793. The molecule has 1 unspecified atom stereocenters. The Balaban J connectivity index is 0.00000361. The SMILES string of the molecule is CC(C)(C)[C@H](N)C(=O)NCC(O)c1cccc(F)c1.Cl. The van der Waals surface area contributed by atoms with Crippen molar-refractivity contribution in [2.24, 2.45) is 11.1 Å². The smallest absolute Gasteiger partial charge is 0.237 e. The maximum Gasteiger partial charge on any atom is 0.237 e. The van der Waals surface area contributed by atoms with Gasteiger partial charge in [0, 0.05) is 6.54 Å². The Hall–Kier alpha value is -1.17. The van der Waals surface area contributed by atoms with Crippen LogP contribution in [0.15, 0.2) is 24.3 Å². The van der Waals surface area contributed by atoms with Crippen LogP contribution in [-0.4, -0.2) is 23.6 Å². The lowest BCUT2D eigenvalue weighted by molar-refractivity contribution is -0.125. The summed E-state index contributed by atoms with van der Waals surface area (Å²) in [5.41, 5.74) is 5.86. The van der Waals surface area contributed by atoms with Gasteiger partial charge in [0.1, 0.15) is 5.82 Å². The van der Waals surface area contributed by atoms with Crippen molar-refractivity contribution in [3.8, 4) is 0 Å². The largest absolute Gasteiger partial charge is 0.387 e. The summed E-state index contributed by atoms with van der Waals surface area (Å²) in [5, 5.41) is 12.4. The minimum Gasteiger partial charge on any atom is -0.387 e. The Morgan fingerprint density at radius 3 is 2.55 bits per heavy atom. The Labute approximate surface area is 125 Å². The summed E-state index contributed by atoms with van der Waals surface area (Å²) >= 11 is 0. The molecular formula is C14H22ClFN2O2. The highest BCUT2D eigenvalue weighted by Gasteiger charge is 2.27. The zero-order chi connectivity index (χ0) is 14.6. The maximum atomic E-state index is 13.0. The minimum atomic E-state index is -0.952. The van der Waals surface area contributed by atoms with Gasteiger partial charge < -0.3 is 16.2 Å². The van der Waals surface area contributed by atoms with Crippen LogP contribution in [0.25, 0.3) is 0 Å². The summed E-state index contributed by atoms with van der Waals surface area (Å²) in [6.07, 6.45) is -0.952. The minimum absolute atomic E-state index is 0. The molecule has 0 aromatic heterocycles. The topological polar surface area (TPSA) is 75.4 Å². The highest BCUT2D eigenvalue weighted by molar-refractivity contribution is 5.85. The van der Waals surface area contributed by atoms with E-state index < -0.39 is 18.0 Å². The molecule has 1 rings (SSSR count). The third kappa shape index (κ3) is 5.45. The van der Waals surface area contributed by atoms with Gasteiger partial charge >= 0.3 is 0 Å². The Morgan fingerprint density at radius 2 is 2.05 bits per heavy atom. The van der Waals surface area contributed by atoms with Gasteiger partial charge in [-0.05, 0) is 23.1 Å². The molecule has 20 heavy (non-hydrogen) atoms. The molecule has 0 aliphatic carbocycles. The highest BCUT2D eigenvalue weighted by Crippen LogP contribution is 2.18. The molecule has 0 aliphatic heterocycles. The van der Waals surface area contributed by atoms with Crippen LogP contribution in [0.4, 0.5) is 4.39 Å². The van der Waals surface area contributed by atoms with E-state index in [9.17, 15) is 14.3 Å². The second-order valence-electron chi connectivity index (χ2n) is 5.66. The second-order valence-corrected chi connectivity index (χ2v) is 5.66. The van der Waals surface area contributed by atoms with E-state index in [1.165, 1.54) is 18.2 Å². The van der Waals surface area contributed by atoms with E-state index in [0.717, 1.165) is 0 Å². The summed E-state index contributed by atoms with van der Waals surface area (Å²) in [6.45, 7) is 5.59. The van der Waals surface area contributed by atoms with Crippen molar-refractivity contribution in [1.29, 1.82) is 0 Å². The van der Waals surface area contributed by atoms with Gasteiger partial charge in [0.25, 0.3) is 0 Å². The van der Waals surface area contributed by atoms with Crippen molar-refractivity contribution in [2.45, 2.75) is 32.9 Å². The predicted molar refractivity (Wildman–Crippen MR) is 79.0 cm³/mol. The molecule has 114 valence electrons. The number of hydrogen-bond donors (Lipinski definition) is 3. The zero-order valence-electron chi connectivity index (χ0n) is 11.9. The van der Waals surface area contributed by atoms with E-state index in [0.29, 0.717) is 5.56 Å². The highest BCUT2D eigenvalue weighted by atomic mass is 35.5. The maximum absolute atomic E-state index is 13.0. The van der Waals surface area contributed by atoms with E-state index in [4.69, 9.17) is 5.73 Å². The number of nitrogens with one attached hydrogen (secondary N) is 1. The van der Waals surface area contributed by atoms with Crippen LogP contribution in [0.1, 0.15) is 32.4 Å². The van der Waals surface area contributed by atoms with Crippen molar-refractivity contribution in [3.63, 3.8) is 0 Å². The summed E-state index contributed by atoms with van der Waals surface area (Å²) in [5.74, 6) is -0.753. The molecule has 0 radical (unpaired) electrons. The summed E-state index contributed by atoms with van der Waals surface area (Å²) in [4.78, 5) is 11.8. The van der Waals surface area contributed by atoms with E-state index in [1.54, 1.807) is 6.07 Å². The number of carbonyl (C=O) groups is 1. The monoisotopic (exact) mass is 304 g/mol. The molecule has 0 fully saturated rings. The van der Waals surface area contributed by atoms with Crippen LogP contribution in [0.5, 0.6) is 0 Å². The predicted octanol–water partition coefficient (Wildman–Crippen LogP) is 1.77. The molecule has 1 amide bonds. The van der Waals surface area contributed by atoms with Crippen LogP contribution in [0.3, 0.4) is 0 Å². The average Bonchev–Trinajstić information content (AvgIpc) is 2.33. The molecule has 1 aromatic rings. The Kier molecular flexibility index (Phi) is 7.13. The Bertz CT molecular complexity index is 449. The first-order valence-electron chi connectivity index (χ1n) is 6.18. The normalized spacial score (nSPS) is 14.1. The molecule has 4 nitrogen and oxygen atoms in total. The lowest BCUT2D eigenvalue weighted by Gasteiger charge is -2.26. The molecule has 0 aliphatic rings. The lowest BCUT2D eigenvalue weighted by Crippen LogP contribution is -2.49. The van der Waals surface area contributed by atoms with Gasteiger partial charge in [0.05, 0.1) is 12.1 Å². The number of halogens is 2. The van der Waals surface area contributed by atoms with E-state index in [1.807, 2.05) is 20.8 Å². The standard InChI is InChI=1S/C14H21FN2O2.ClH/c1-14(2,3)12(16)13(19)17-8-11(18)9-5-4-6-10(15)7-9;/h4-7,11-12,18H,8,16H2,1-3H3,(H,17,19);1H/t11?,12-;/m1./s1. The first-order chi connectivity index (χ1) is 8.71. The van der Waals surface area contributed by atoms with Crippen molar-refractivity contribution >= 4 is 18.3 Å². The molecule has 0 saturated carbocycles. The van der Waals surface area contributed by atoms with Gasteiger partial charge in [-0.25, -0.2) is 4.39 Å². The number of aliphatic hydroxyl groups excluding tert-OH is 1. The van der Waals surface area contributed by atoms with Gasteiger partial charge in [0.15, 0.2) is 0 Å². The summed E-state index contributed by atoms with van der Waals surface area (Å²) < 4.78 is 13.0. The molecule has 1 aromatic carbocycles. The van der Waals surface area contributed by atoms with Gasteiger partial charge in [-0.1, -0.05) is 32.9 Å². The molecule has 0 saturated heterocycles. The fourth-order valence-corrected chi connectivity index (χ4v) is 1.53. The molecule has 0 spiro atoms. The number of nitrogens with two attached hydrogens (primary N) is 1. The van der Waals surface area contributed by atoms with Crippen LogP contribution in [0, 0.1) is 11.2 Å². The number of aliphatic hydroxyl groups is 1. The van der Waals surface area contributed by atoms with Gasteiger partial charge in [0.2, 0.25) is 5.91 Å². The van der Waals surface area contributed by atoms with Gasteiger partial charge in [-0.15, -0.1) is 12.4 Å². The van der Waals surface area contributed by atoms with Crippen molar-refractivity contribution in [3.05, 3.63) is 35.6 Å². The Morgan fingerprint density at radius 1 is 1.45 bits per heavy atom. The van der Waals surface area contributed by atoms with E-state index in [-0.39, 0.29) is 30.3 Å². The van der Waals surface area contributed by atoms with E-state index in [2.05, 4.69) is 5.32 Å². The van der Waals surface area contributed by atoms with Crippen LogP contribution in [-0.2, 0) is 4.79 Å². The van der Waals surface area contributed by atoms with E-state index >= 15 is 0 Å².